The Balaban J connectivity index is 1.47. The highest BCUT2D eigenvalue weighted by Crippen LogP contribution is 2.32. The number of nitrogens with one attached hydrogen (secondary N) is 2. The van der Waals surface area contributed by atoms with Gasteiger partial charge in [-0.3, -0.25) is 5.10 Å². The third kappa shape index (κ3) is 3.44. The smallest absolute Gasteiger partial charge is 0.0650 e. The predicted octanol–water partition coefficient (Wildman–Crippen LogP) is 4.14. The molecule has 2 N–H and O–H groups in total. The summed E-state index contributed by atoms with van der Waals surface area (Å²) < 4.78 is 0. The largest absolute Gasteiger partial charge is 0.374 e. The Kier molecular flexibility index (Phi) is 4.53. The van der Waals surface area contributed by atoms with Gasteiger partial charge in [-0.15, -0.1) is 0 Å². The fraction of sp³-hybridized carbons (Fsp3) is 0.286. The number of para-hydroxylation sites is 1. The molecule has 1 aromatic heterocycles. The first-order valence-electron chi connectivity index (χ1n) is 8.93. The second-order valence-corrected chi connectivity index (χ2v) is 6.72. The van der Waals surface area contributed by atoms with Gasteiger partial charge in [0.05, 0.1) is 5.69 Å². The van der Waals surface area contributed by atoms with E-state index in [1.807, 2.05) is 6.07 Å². The van der Waals surface area contributed by atoms with Gasteiger partial charge in [0.2, 0.25) is 0 Å². The monoisotopic (exact) mass is 332 g/mol. The first kappa shape index (κ1) is 15.9. The SMILES string of the molecule is CN1CCCC(NCc2ccc(-c3ccn[nH]3)cc2)c2ccccc21. The minimum Gasteiger partial charge on any atom is -0.374 e. The summed E-state index contributed by atoms with van der Waals surface area (Å²) in [5.41, 5.74) is 6.30. The van der Waals surface area contributed by atoms with E-state index in [0.29, 0.717) is 6.04 Å². The first-order valence-corrected chi connectivity index (χ1v) is 8.93. The van der Waals surface area contributed by atoms with Crippen LogP contribution < -0.4 is 10.2 Å². The van der Waals surface area contributed by atoms with Crippen LogP contribution in [-0.4, -0.2) is 23.8 Å². The van der Waals surface area contributed by atoms with Crippen molar-refractivity contribution in [2.75, 3.05) is 18.5 Å². The Morgan fingerprint density at radius 1 is 1.12 bits per heavy atom. The molecule has 1 atom stereocenters. The quantitative estimate of drug-likeness (QED) is 0.755. The zero-order valence-corrected chi connectivity index (χ0v) is 14.6. The van der Waals surface area contributed by atoms with Gasteiger partial charge in [-0.1, -0.05) is 42.5 Å². The van der Waals surface area contributed by atoms with Crippen molar-refractivity contribution >= 4 is 5.69 Å². The van der Waals surface area contributed by atoms with Crippen LogP contribution in [0.15, 0.2) is 60.8 Å². The third-order valence-electron chi connectivity index (χ3n) is 5.03. The van der Waals surface area contributed by atoms with Gasteiger partial charge in [-0.25, -0.2) is 0 Å². The number of fused-ring (bicyclic) bond motifs is 1. The second-order valence-electron chi connectivity index (χ2n) is 6.72. The number of rotatable bonds is 4. The maximum atomic E-state index is 4.01. The maximum absolute atomic E-state index is 4.01. The van der Waals surface area contributed by atoms with E-state index in [4.69, 9.17) is 0 Å². The molecule has 3 aromatic rings. The minimum atomic E-state index is 0.411. The maximum Gasteiger partial charge on any atom is 0.0650 e. The highest BCUT2D eigenvalue weighted by molar-refractivity contribution is 5.58. The molecule has 2 aromatic carbocycles. The zero-order valence-electron chi connectivity index (χ0n) is 14.6. The van der Waals surface area contributed by atoms with Crippen molar-refractivity contribution < 1.29 is 0 Å². The van der Waals surface area contributed by atoms with E-state index in [1.165, 1.54) is 35.2 Å². The molecule has 4 heteroatoms. The molecule has 0 radical (unpaired) electrons. The number of aromatic nitrogens is 2. The lowest BCUT2D eigenvalue weighted by atomic mass is 10.0. The Morgan fingerprint density at radius 2 is 1.96 bits per heavy atom. The van der Waals surface area contributed by atoms with E-state index in [9.17, 15) is 0 Å². The lowest BCUT2D eigenvalue weighted by Gasteiger charge is -2.22. The highest BCUT2D eigenvalue weighted by atomic mass is 15.1. The van der Waals surface area contributed by atoms with Gasteiger partial charge in [-0.05, 0) is 41.7 Å². The summed E-state index contributed by atoms with van der Waals surface area (Å²) >= 11 is 0. The van der Waals surface area contributed by atoms with Gasteiger partial charge in [-0.2, -0.15) is 5.10 Å². The third-order valence-corrected chi connectivity index (χ3v) is 5.03. The van der Waals surface area contributed by atoms with Crippen molar-refractivity contribution in [2.24, 2.45) is 0 Å². The van der Waals surface area contributed by atoms with Gasteiger partial charge in [0, 0.05) is 38.1 Å². The number of hydrogen-bond donors (Lipinski definition) is 2. The summed E-state index contributed by atoms with van der Waals surface area (Å²) in [5.74, 6) is 0. The molecule has 25 heavy (non-hydrogen) atoms. The Bertz CT molecular complexity index is 808. The molecular weight excluding hydrogens is 308 g/mol. The lowest BCUT2D eigenvalue weighted by molar-refractivity contribution is 0.496. The Hall–Kier alpha value is -2.59. The van der Waals surface area contributed by atoms with E-state index in [2.05, 4.69) is 76.0 Å². The van der Waals surface area contributed by atoms with Crippen molar-refractivity contribution in [1.82, 2.24) is 15.5 Å². The molecule has 0 saturated heterocycles. The van der Waals surface area contributed by atoms with Crippen molar-refractivity contribution in [1.29, 1.82) is 0 Å². The Morgan fingerprint density at radius 3 is 2.76 bits per heavy atom. The van der Waals surface area contributed by atoms with Crippen LogP contribution in [0.1, 0.15) is 30.0 Å². The fourth-order valence-corrected chi connectivity index (χ4v) is 3.61. The molecule has 0 fully saturated rings. The first-order chi connectivity index (χ1) is 12.3. The zero-order chi connectivity index (χ0) is 17.1. The van der Waals surface area contributed by atoms with Crippen LogP contribution >= 0.6 is 0 Å². The molecule has 1 aliphatic heterocycles. The summed E-state index contributed by atoms with van der Waals surface area (Å²) in [5, 5.41) is 10.8. The second kappa shape index (κ2) is 7.11. The van der Waals surface area contributed by atoms with Gasteiger partial charge in [0.25, 0.3) is 0 Å². The molecule has 4 nitrogen and oxygen atoms in total. The van der Waals surface area contributed by atoms with Crippen LogP contribution in [0.2, 0.25) is 0 Å². The number of hydrogen-bond acceptors (Lipinski definition) is 3. The molecule has 2 heterocycles. The van der Waals surface area contributed by atoms with Gasteiger partial charge in [0.1, 0.15) is 0 Å². The summed E-state index contributed by atoms with van der Waals surface area (Å²) in [6.07, 6.45) is 4.17. The van der Waals surface area contributed by atoms with E-state index in [0.717, 1.165) is 18.8 Å². The van der Waals surface area contributed by atoms with Crippen LogP contribution in [0, 0.1) is 0 Å². The minimum absolute atomic E-state index is 0.411. The standard InChI is InChI=1S/C21H24N4/c1-25-14-4-6-20(18-5-2-3-7-21(18)25)22-15-16-8-10-17(11-9-16)19-12-13-23-24-19/h2-3,5,7-13,20,22H,4,6,14-15H2,1H3,(H,23,24). The number of nitrogens with zero attached hydrogens (tertiary/aromatic N) is 2. The summed E-state index contributed by atoms with van der Waals surface area (Å²) in [6, 6.07) is 19.9. The van der Waals surface area contributed by atoms with Crippen LogP contribution in [-0.2, 0) is 6.54 Å². The number of H-pyrrole nitrogens is 1. The van der Waals surface area contributed by atoms with Crippen molar-refractivity contribution in [2.45, 2.75) is 25.4 Å². The van der Waals surface area contributed by atoms with Crippen LogP contribution in [0.5, 0.6) is 0 Å². The topological polar surface area (TPSA) is 44.0 Å². The van der Waals surface area contributed by atoms with Crippen molar-refractivity contribution in [3.8, 4) is 11.3 Å². The van der Waals surface area contributed by atoms with Crippen LogP contribution in [0.4, 0.5) is 5.69 Å². The molecular formula is C21H24N4. The molecule has 0 amide bonds. The average Bonchev–Trinajstić information content (AvgIpc) is 3.14. The molecule has 0 aliphatic carbocycles. The fourth-order valence-electron chi connectivity index (χ4n) is 3.61. The van der Waals surface area contributed by atoms with Gasteiger partial charge < -0.3 is 10.2 Å². The van der Waals surface area contributed by atoms with Crippen molar-refractivity contribution in [3.63, 3.8) is 0 Å². The van der Waals surface area contributed by atoms with E-state index < -0.39 is 0 Å². The van der Waals surface area contributed by atoms with E-state index in [1.54, 1.807) is 6.20 Å². The average molecular weight is 332 g/mol. The molecule has 0 bridgehead atoms. The van der Waals surface area contributed by atoms with Gasteiger partial charge >= 0.3 is 0 Å². The number of anilines is 1. The number of benzene rings is 2. The van der Waals surface area contributed by atoms with E-state index >= 15 is 0 Å². The lowest BCUT2D eigenvalue weighted by Crippen LogP contribution is -2.21. The summed E-state index contributed by atoms with van der Waals surface area (Å²) in [4.78, 5) is 2.37. The molecule has 4 rings (SSSR count). The summed E-state index contributed by atoms with van der Waals surface area (Å²) in [6.45, 7) is 2.00. The van der Waals surface area contributed by atoms with Crippen LogP contribution in [0.25, 0.3) is 11.3 Å². The highest BCUT2D eigenvalue weighted by Gasteiger charge is 2.20. The Labute approximate surface area is 148 Å². The normalized spacial score (nSPS) is 17.2. The molecule has 128 valence electrons. The van der Waals surface area contributed by atoms with Crippen LogP contribution in [0.3, 0.4) is 0 Å². The molecule has 1 unspecified atom stereocenters. The number of aromatic amines is 1. The summed E-state index contributed by atoms with van der Waals surface area (Å²) in [7, 11) is 2.19. The predicted molar refractivity (Wildman–Crippen MR) is 103 cm³/mol. The molecule has 0 spiro atoms. The van der Waals surface area contributed by atoms with Gasteiger partial charge in [0.15, 0.2) is 0 Å². The van der Waals surface area contributed by atoms with Crippen molar-refractivity contribution in [3.05, 3.63) is 71.9 Å². The molecule has 0 saturated carbocycles. The van der Waals surface area contributed by atoms with E-state index in [-0.39, 0.29) is 0 Å². The molecule has 1 aliphatic rings.